The molecule has 1 radical (unpaired) electrons. The van der Waals surface area contributed by atoms with Gasteiger partial charge in [-0.15, -0.1) is 24.5 Å². The molecule has 0 N–H and O–H groups in total. The fourth-order valence-corrected chi connectivity index (χ4v) is 14.1. The molecule has 0 aromatic heterocycles. The molecule has 6 heterocycles. The predicted octanol–water partition coefficient (Wildman–Crippen LogP) is 8.10. The number of hydrogen-bond donors (Lipinski definition) is 0. The van der Waals surface area contributed by atoms with Crippen LogP contribution in [0.2, 0.25) is 0 Å². The number of rotatable bonds is 33. The maximum absolute atomic E-state index is 12.2. The first-order valence-electron chi connectivity index (χ1n) is 28.8. The van der Waals surface area contributed by atoms with Crippen LogP contribution in [-0.4, -0.2) is 232 Å². The number of hydrogen-bond acceptors (Lipinski definition) is 18. The third-order valence-corrected chi connectivity index (χ3v) is 19.9. The van der Waals surface area contributed by atoms with Crippen LogP contribution in [-0.2, 0) is 105 Å². The summed E-state index contributed by atoms with van der Waals surface area (Å²) in [6, 6.07) is 0. The number of methoxy groups -OCH3 is 4. The number of carbonyl (C=O) groups is 2. The van der Waals surface area contributed by atoms with Gasteiger partial charge in [-0.25, -0.2) is 0 Å². The van der Waals surface area contributed by atoms with E-state index in [9.17, 15) is 9.59 Å². The Kier molecular flexibility index (Phi) is 40.3. The average Bonchev–Trinajstić information content (AvgIpc) is 3.48. The summed E-state index contributed by atoms with van der Waals surface area (Å²) in [5, 5.41) is 8.73. The topological polar surface area (TPSA) is 210 Å². The van der Waals surface area contributed by atoms with Crippen molar-refractivity contribution >= 4 is 27.4 Å². The Hall–Kier alpha value is -0.711. The summed E-state index contributed by atoms with van der Waals surface area (Å²) in [6.07, 6.45) is 22.2. The molecule has 6 rings (SSSR count). The molecule has 461 valence electrons. The second-order valence-corrected chi connectivity index (χ2v) is 26.9. The van der Waals surface area contributed by atoms with E-state index in [1.165, 1.54) is 77.6 Å². The Morgan fingerprint density at radius 2 is 0.608 bits per heavy atom. The summed E-state index contributed by atoms with van der Waals surface area (Å²) in [4.78, 5) is 24.5. The van der Waals surface area contributed by atoms with Crippen molar-refractivity contribution in [3.8, 4) is 0 Å². The molecule has 0 amide bonds. The standard InChI is InChI=1S/C20H36N2O6.2C18H33O6P.Tc/c1-19(2,27-7)17(23)11-15(13-25-5)21-9-10-22-16(14-26-6)12-18(24)20(3,4)28-8;2*1-7-19-16(20-8-1)4-13-25(14-5-17-21-9-2-10-22-17)15-6-18-23-11-3-12-24-18;/h11-12H,9-10,13-14H2,1-8H3,(H2,21,22,23,24);2*16-18H,1-15H2;/i;;;1+1. The minimum absolute atomic E-state index is 0. The summed E-state index contributed by atoms with van der Waals surface area (Å²) in [7, 11) is 4.98. The van der Waals surface area contributed by atoms with E-state index in [2.05, 4.69) is 10.6 Å². The van der Waals surface area contributed by atoms with Crippen molar-refractivity contribution in [3.63, 3.8) is 0 Å². The molecule has 0 bridgehead atoms. The smallest absolute Gasteiger partial charge is 0.185 e. The van der Waals surface area contributed by atoms with E-state index < -0.39 is 27.0 Å². The van der Waals surface area contributed by atoms with E-state index in [0.717, 1.165) is 156 Å². The van der Waals surface area contributed by atoms with Crippen LogP contribution >= 0.6 is 15.8 Å². The molecule has 6 saturated heterocycles. The SMILES string of the molecule is C1COC(CC[PH+](CCC2OCCCO2)CCC2OCCCO2)OC1.C1COC(CC[PH+](CCC2OCCCO2)CCC2OCCCO2)OC1.COC/C(=C/C(=O)C(C)(C)OC)[N-]CC[N-]/C(=C\C(=O)C(C)(C)OC)COC.[99Tc]. The van der Waals surface area contributed by atoms with Gasteiger partial charge in [-0.05, 0) is 78.4 Å². The summed E-state index contributed by atoms with van der Waals surface area (Å²) in [5.74, 6) is -0.398. The van der Waals surface area contributed by atoms with Crippen LogP contribution in [0.4, 0.5) is 0 Å². The zero-order valence-electron chi connectivity index (χ0n) is 49.3. The number of carbonyl (C=O) groups excluding carboxylic acids is 2. The van der Waals surface area contributed by atoms with Crippen LogP contribution in [0.25, 0.3) is 10.6 Å². The molecule has 0 atom stereocenters. The zero-order chi connectivity index (χ0) is 56.1. The van der Waals surface area contributed by atoms with Gasteiger partial charge in [0.15, 0.2) is 49.3 Å². The van der Waals surface area contributed by atoms with E-state index in [1.54, 1.807) is 27.7 Å². The van der Waals surface area contributed by atoms with Gasteiger partial charge in [-0.3, -0.25) is 9.59 Å². The summed E-state index contributed by atoms with van der Waals surface area (Å²) >= 11 is 0. The van der Waals surface area contributed by atoms with Gasteiger partial charge in [0.2, 0.25) is 0 Å². The van der Waals surface area contributed by atoms with Crippen molar-refractivity contribution in [2.75, 3.05) is 171 Å². The van der Waals surface area contributed by atoms with E-state index in [1.807, 2.05) is 0 Å². The zero-order valence-corrected chi connectivity index (χ0v) is 53.1. The van der Waals surface area contributed by atoms with Crippen molar-refractivity contribution < 1.29 is 105 Å². The Labute approximate surface area is 489 Å². The fourth-order valence-electron chi connectivity index (χ4n) is 8.70. The van der Waals surface area contributed by atoms with Crippen LogP contribution in [0.1, 0.15) is 105 Å². The molecule has 0 aliphatic carbocycles. The molecule has 23 heteroatoms. The van der Waals surface area contributed by atoms with E-state index in [-0.39, 0.29) is 82.6 Å². The molecular formula is C56H102N2O18P2Tc. The Bertz CT molecular complexity index is 1400. The molecule has 0 spiro atoms. The molecule has 0 saturated carbocycles. The molecule has 6 aliphatic heterocycles. The van der Waals surface area contributed by atoms with E-state index in [4.69, 9.17) is 75.8 Å². The minimum atomic E-state index is -0.929. The molecule has 0 unspecified atom stereocenters. The van der Waals surface area contributed by atoms with Gasteiger partial charge in [0.1, 0.15) is 11.2 Å². The van der Waals surface area contributed by atoms with Crippen LogP contribution in [0, 0.1) is 0 Å². The Balaban J connectivity index is 0.000000310. The van der Waals surface area contributed by atoms with Gasteiger partial charge < -0.3 is 86.4 Å². The Morgan fingerprint density at radius 1 is 0.405 bits per heavy atom. The van der Waals surface area contributed by atoms with Crippen molar-refractivity contribution in [1.29, 1.82) is 0 Å². The van der Waals surface area contributed by atoms with Gasteiger partial charge in [0, 0.05) is 103 Å². The molecule has 0 aromatic carbocycles. The third kappa shape index (κ3) is 32.4. The van der Waals surface area contributed by atoms with Gasteiger partial charge in [-0.1, -0.05) is 0 Å². The van der Waals surface area contributed by atoms with Crippen molar-refractivity contribution in [1.82, 2.24) is 0 Å². The predicted molar refractivity (Wildman–Crippen MR) is 304 cm³/mol. The molecule has 6 aliphatic rings. The first-order valence-corrected chi connectivity index (χ1v) is 33.1. The third-order valence-electron chi connectivity index (χ3n) is 13.9. The number of ether oxygens (including phenoxy) is 16. The summed E-state index contributed by atoms with van der Waals surface area (Å²) < 4.78 is 89.1. The summed E-state index contributed by atoms with van der Waals surface area (Å²) in [6.45, 7) is 17.8. The average molecular weight is 1250 g/mol. The second-order valence-electron chi connectivity index (χ2n) is 20.9. The van der Waals surface area contributed by atoms with Crippen LogP contribution in [0.3, 0.4) is 0 Å². The molecule has 6 fully saturated rings. The maximum Gasteiger partial charge on any atom is 0.185 e. The monoisotopic (exact) mass is 1250 g/mol. The van der Waals surface area contributed by atoms with Gasteiger partial charge in [0.05, 0.1) is 129 Å². The first kappa shape index (κ1) is 72.5. The number of ketones is 2. The number of nitrogens with zero attached hydrogens (tertiary/aromatic N) is 2. The first-order chi connectivity index (χ1) is 37.8. The fraction of sp³-hybridized carbons (Fsp3) is 0.893. The normalized spacial score (nSPS) is 20.5. The van der Waals surface area contributed by atoms with Gasteiger partial charge in [-0.2, -0.15) is 0 Å². The van der Waals surface area contributed by atoms with Crippen LogP contribution in [0.15, 0.2) is 23.5 Å². The molecule has 0 aromatic rings. The minimum Gasteiger partial charge on any atom is -0.687 e. The quantitative estimate of drug-likeness (QED) is 0.0345. The van der Waals surface area contributed by atoms with E-state index >= 15 is 0 Å². The maximum atomic E-state index is 12.2. The van der Waals surface area contributed by atoms with Gasteiger partial charge >= 0.3 is 0 Å². The van der Waals surface area contributed by atoms with Crippen molar-refractivity contribution in [2.45, 2.75) is 154 Å². The largest absolute Gasteiger partial charge is 0.687 e. The molecule has 79 heavy (non-hydrogen) atoms. The molecule has 20 nitrogen and oxygen atoms in total. The summed E-state index contributed by atoms with van der Waals surface area (Å²) in [5.41, 5.74) is -0.854. The van der Waals surface area contributed by atoms with Gasteiger partial charge in [0.25, 0.3) is 0 Å². The van der Waals surface area contributed by atoms with Crippen molar-refractivity contribution in [3.05, 3.63) is 34.2 Å². The van der Waals surface area contributed by atoms with Crippen LogP contribution < -0.4 is 0 Å². The van der Waals surface area contributed by atoms with Crippen LogP contribution in [0.5, 0.6) is 0 Å². The van der Waals surface area contributed by atoms with E-state index in [0.29, 0.717) is 24.5 Å². The second kappa shape index (κ2) is 43.8. The molecular weight excluding hydrogens is 1150 g/mol. The Morgan fingerprint density at radius 3 is 0.785 bits per heavy atom. The van der Waals surface area contributed by atoms with Crippen molar-refractivity contribution in [2.24, 2.45) is 0 Å².